The van der Waals surface area contributed by atoms with Gasteiger partial charge < -0.3 is 9.84 Å². The van der Waals surface area contributed by atoms with Crippen LogP contribution in [0.2, 0.25) is 0 Å². The second kappa shape index (κ2) is 6.02. The topological polar surface area (TPSA) is 47.3 Å². The first-order chi connectivity index (χ1) is 8.66. The van der Waals surface area contributed by atoms with Crippen LogP contribution in [0.4, 0.5) is 0 Å². The van der Waals surface area contributed by atoms with Crippen LogP contribution >= 0.6 is 15.9 Å². The minimum absolute atomic E-state index is 0.517. The van der Waals surface area contributed by atoms with E-state index in [2.05, 4.69) is 21.0 Å². The summed E-state index contributed by atoms with van der Waals surface area (Å²) in [6, 6.07) is 7.50. The summed E-state index contributed by atoms with van der Waals surface area (Å²) in [5, 5.41) is 13.8. The van der Waals surface area contributed by atoms with E-state index in [9.17, 15) is 5.11 Å². The first kappa shape index (κ1) is 13.1. The Bertz CT molecular complexity index is 498. The molecule has 1 aromatic heterocycles. The van der Waals surface area contributed by atoms with Crippen molar-refractivity contribution in [3.63, 3.8) is 0 Å². The summed E-state index contributed by atoms with van der Waals surface area (Å²) in [4.78, 5) is 0. The first-order valence-corrected chi connectivity index (χ1v) is 6.54. The van der Waals surface area contributed by atoms with Crippen molar-refractivity contribution in [3.8, 4) is 5.75 Å². The van der Waals surface area contributed by atoms with Gasteiger partial charge in [-0.05, 0) is 31.2 Å². The number of aliphatic hydroxyl groups is 1. The lowest BCUT2D eigenvalue weighted by atomic mass is 10.1. The molecular weight excluding hydrogens is 296 g/mol. The Morgan fingerprint density at radius 3 is 3.00 bits per heavy atom. The molecule has 2 aromatic rings. The molecular formula is C13H15BrN2O2. The summed E-state index contributed by atoms with van der Waals surface area (Å²) >= 11 is 3.38. The van der Waals surface area contributed by atoms with Crippen LogP contribution in [0.15, 0.2) is 41.1 Å². The monoisotopic (exact) mass is 310 g/mol. The van der Waals surface area contributed by atoms with E-state index < -0.39 is 6.10 Å². The van der Waals surface area contributed by atoms with Crippen molar-refractivity contribution in [3.05, 3.63) is 46.7 Å². The van der Waals surface area contributed by atoms with E-state index in [1.807, 2.05) is 30.5 Å². The van der Waals surface area contributed by atoms with Gasteiger partial charge in [-0.2, -0.15) is 5.10 Å². The van der Waals surface area contributed by atoms with Gasteiger partial charge >= 0.3 is 0 Å². The van der Waals surface area contributed by atoms with Crippen molar-refractivity contribution in [2.75, 3.05) is 6.61 Å². The summed E-state index contributed by atoms with van der Waals surface area (Å²) in [5.74, 6) is 0.709. The van der Waals surface area contributed by atoms with Crippen LogP contribution in [0.25, 0.3) is 0 Å². The largest absolute Gasteiger partial charge is 0.491 e. The van der Waals surface area contributed by atoms with Crippen molar-refractivity contribution >= 4 is 15.9 Å². The Morgan fingerprint density at radius 1 is 1.50 bits per heavy atom. The highest BCUT2D eigenvalue weighted by Crippen LogP contribution is 2.28. The molecule has 18 heavy (non-hydrogen) atoms. The van der Waals surface area contributed by atoms with Gasteiger partial charge in [0.1, 0.15) is 12.4 Å². The van der Waals surface area contributed by atoms with Crippen molar-refractivity contribution < 1.29 is 9.84 Å². The van der Waals surface area contributed by atoms with Gasteiger partial charge in [-0.25, -0.2) is 0 Å². The van der Waals surface area contributed by atoms with Gasteiger partial charge in [0.2, 0.25) is 0 Å². The van der Waals surface area contributed by atoms with Crippen LogP contribution in [-0.2, 0) is 6.54 Å². The molecule has 0 bridgehead atoms. The molecule has 2 rings (SSSR count). The SMILES string of the molecule is C[C@H](O)c1cc(Br)ccc1OCCn1cccn1. The lowest BCUT2D eigenvalue weighted by molar-refractivity contribution is 0.190. The fourth-order valence-corrected chi connectivity index (χ4v) is 2.04. The van der Waals surface area contributed by atoms with Crippen molar-refractivity contribution in [1.82, 2.24) is 9.78 Å². The average molecular weight is 311 g/mol. The molecule has 1 atom stereocenters. The third kappa shape index (κ3) is 3.34. The van der Waals surface area contributed by atoms with E-state index in [1.54, 1.807) is 17.8 Å². The first-order valence-electron chi connectivity index (χ1n) is 5.74. The number of aliphatic hydroxyl groups excluding tert-OH is 1. The number of aromatic nitrogens is 2. The molecule has 5 heteroatoms. The molecule has 0 fully saturated rings. The van der Waals surface area contributed by atoms with Gasteiger partial charge in [0.25, 0.3) is 0 Å². The molecule has 0 unspecified atom stereocenters. The predicted molar refractivity (Wildman–Crippen MR) is 72.5 cm³/mol. The minimum atomic E-state index is -0.554. The Morgan fingerprint density at radius 2 is 2.33 bits per heavy atom. The molecule has 96 valence electrons. The van der Waals surface area contributed by atoms with Crippen LogP contribution in [0.5, 0.6) is 5.75 Å². The number of halogens is 1. The van der Waals surface area contributed by atoms with Gasteiger partial charge in [-0.3, -0.25) is 4.68 Å². The summed E-state index contributed by atoms with van der Waals surface area (Å²) in [6.07, 6.45) is 3.07. The molecule has 1 N–H and O–H groups in total. The Labute approximate surface area is 114 Å². The quantitative estimate of drug-likeness (QED) is 0.923. The highest BCUT2D eigenvalue weighted by Gasteiger charge is 2.09. The lowest BCUT2D eigenvalue weighted by Gasteiger charge is -2.14. The van der Waals surface area contributed by atoms with Gasteiger partial charge in [-0.1, -0.05) is 15.9 Å². The van der Waals surface area contributed by atoms with Gasteiger partial charge in [0.15, 0.2) is 0 Å². The minimum Gasteiger partial charge on any atom is -0.491 e. The predicted octanol–water partition coefficient (Wildman–Crippen LogP) is 2.78. The maximum atomic E-state index is 9.69. The molecule has 0 saturated carbocycles. The normalized spacial score (nSPS) is 12.4. The van der Waals surface area contributed by atoms with Crippen LogP contribution in [-0.4, -0.2) is 21.5 Å². The zero-order chi connectivity index (χ0) is 13.0. The van der Waals surface area contributed by atoms with Crippen molar-refractivity contribution in [2.45, 2.75) is 19.6 Å². The highest BCUT2D eigenvalue weighted by atomic mass is 79.9. The zero-order valence-electron chi connectivity index (χ0n) is 10.1. The number of hydrogen-bond acceptors (Lipinski definition) is 3. The number of benzene rings is 1. The molecule has 1 heterocycles. The Hall–Kier alpha value is -1.33. The second-order valence-corrected chi connectivity index (χ2v) is 4.89. The average Bonchev–Trinajstić information content (AvgIpc) is 2.84. The van der Waals surface area contributed by atoms with Crippen LogP contribution in [0, 0.1) is 0 Å². The van der Waals surface area contributed by atoms with E-state index in [-0.39, 0.29) is 0 Å². The molecule has 1 aromatic carbocycles. The third-order valence-electron chi connectivity index (χ3n) is 2.56. The molecule has 0 amide bonds. The molecule has 0 aliphatic heterocycles. The second-order valence-electron chi connectivity index (χ2n) is 3.98. The number of rotatable bonds is 5. The molecule has 0 radical (unpaired) electrons. The van der Waals surface area contributed by atoms with Crippen LogP contribution in [0.3, 0.4) is 0 Å². The van der Waals surface area contributed by atoms with Crippen LogP contribution in [0.1, 0.15) is 18.6 Å². The Balaban J connectivity index is 2.00. The van der Waals surface area contributed by atoms with Gasteiger partial charge in [0, 0.05) is 22.4 Å². The van der Waals surface area contributed by atoms with Crippen LogP contribution < -0.4 is 4.74 Å². The fraction of sp³-hybridized carbons (Fsp3) is 0.308. The highest BCUT2D eigenvalue weighted by molar-refractivity contribution is 9.10. The summed E-state index contributed by atoms with van der Waals surface area (Å²) in [7, 11) is 0. The van der Waals surface area contributed by atoms with E-state index in [1.165, 1.54) is 0 Å². The lowest BCUT2D eigenvalue weighted by Crippen LogP contribution is -2.10. The van der Waals surface area contributed by atoms with E-state index in [4.69, 9.17) is 4.74 Å². The smallest absolute Gasteiger partial charge is 0.125 e. The summed E-state index contributed by atoms with van der Waals surface area (Å²) in [5.41, 5.74) is 0.782. The summed E-state index contributed by atoms with van der Waals surface area (Å²) < 4.78 is 8.42. The van der Waals surface area contributed by atoms with Crippen molar-refractivity contribution in [1.29, 1.82) is 0 Å². The van der Waals surface area contributed by atoms with E-state index >= 15 is 0 Å². The van der Waals surface area contributed by atoms with Gasteiger partial charge in [0.05, 0.1) is 12.6 Å². The molecule has 0 spiro atoms. The zero-order valence-corrected chi connectivity index (χ0v) is 11.7. The standard InChI is InChI=1S/C13H15BrN2O2/c1-10(17)12-9-11(14)3-4-13(12)18-8-7-16-6-2-5-15-16/h2-6,9-10,17H,7-8H2,1H3/t10-/m0/s1. The molecule has 0 aliphatic rings. The molecule has 0 saturated heterocycles. The Kier molecular flexibility index (Phi) is 4.38. The van der Waals surface area contributed by atoms with Gasteiger partial charge in [-0.15, -0.1) is 0 Å². The molecule has 0 aliphatic carbocycles. The van der Waals surface area contributed by atoms with E-state index in [0.717, 1.165) is 10.0 Å². The third-order valence-corrected chi connectivity index (χ3v) is 3.05. The number of nitrogens with zero attached hydrogens (tertiary/aromatic N) is 2. The fourth-order valence-electron chi connectivity index (χ4n) is 1.66. The maximum absolute atomic E-state index is 9.69. The molecule has 4 nitrogen and oxygen atoms in total. The number of hydrogen-bond donors (Lipinski definition) is 1. The number of ether oxygens (including phenoxy) is 1. The van der Waals surface area contributed by atoms with Crippen molar-refractivity contribution in [2.24, 2.45) is 0 Å². The summed E-state index contributed by atoms with van der Waals surface area (Å²) in [6.45, 7) is 2.92. The van der Waals surface area contributed by atoms with E-state index in [0.29, 0.717) is 18.9 Å². The maximum Gasteiger partial charge on any atom is 0.125 e.